The fraction of sp³-hybridized carbons (Fsp3) is 0.393. The molecule has 2 N–H and O–H groups in total. The second kappa shape index (κ2) is 9.21. The molecule has 1 saturated carbocycles. The van der Waals surface area contributed by atoms with Crippen LogP contribution in [0.25, 0.3) is 0 Å². The SMILES string of the molecule is Cc1ccc(CC(=O)Nc2ccc3c(c2)C[C@@H]2CCC(C3)[C@H]2NCc2ccc(C)s2)cc1. The highest BCUT2D eigenvalue weighted by Gasteiger charge is 2.38. The second-order valence-corrected chi connectivity index (χ2v) is 11.0. The normalized spacial score (nSPS) is 21.8. The van der Waals surface area contributed by atoms with Crippen molar-refractivity contribution >= 4 is 22.9 Å². The molecule has 5 rings (SSSR count). The number of carbonyl (C=O) groups is 1. The molecule has 2 bridgehead atoms. The highest BCUT2D eigenvalue weighted by molar-refractivity contribution is 7.11. The van der Waals surface area contributed by atoms with Crippen LogP contribution in [0.3, 0.4) is 0 Å². The number of anilines is 1. The summed E-state index contributed by atoms with van der Waals surface area (Å²) < 4.78 is 0. The molecule has 1 amide bonds. The zero-order chi connectivity index (χ0) is 22.1. The first-order valence-electron chi connectivity index (χ1n) is 11.8. The van der Waals surface area contributed by atoms with Crippen molar-refractivity contribution in [1.82, 2.24) is 5.32 Å². The molecule has 166 valence electrons. The minimum Gasteiger partial charge on any atom is -0.326 e. The van der Waals surface area contributed by atoms with Gasteiger partial charge < -0.3 is 10.6 Å². The van der Waals surface area contributed by atoms with E-state index in [0.717, 1.165) is 30.6 Å². The Morgan fingerprint density at radius 3 is 2.41 bits per heavy atom. The van der Waals surface area contributed by atoms with Crippen molar-refractivity contribution in [2.45, 2.75) is 58.5 Å². The van der Waals surface area contributed by atoms with Gasteiger partial charge in [-0.1, -0.05) is 35.9 Å². The minimum atomic E-state index is 0.0507. The number of thiophene rings is 1. The lowest BCUT2D eigenvalue weighted by Gasteiger charge is -2.23. The number of fused-ring (bicyclic) bond motifs is 3. The summed E-state index contributed by atoms with van der Waals surface area (Å²) in [5.41, 5.74) is 6.08. The van der Waals surface area contributed by atoms with Crippen LogP contribution in [0.1, 0.15) is 44.8 Å². The molecule has 1 aromatic heterocycles. The van der Waals surface area contributed by atoms with E-state index in [1.165, 1.54) is 39.3 Å². The van der Waals surface area contributed by atoms with Gasteiger partial charge in [-0.15, -0.1) is 11.3 Å². The predicted molar refractivity (Wildman–Crippen MR) is 133 cm³/mol. The Morgan fingerprint density at radius 1 is 0.938 bits per heavy atom. The van der Waals surface area contributed by atoms with Crippen LogP contribution in [-0.4, -0.2) is 11.9 Å². The molecule has 0 radical (unpaired) electrons. The Bertz CT molecular complexity index is 1100. The fourth-order valence-corrected chi connectivity index (χ4v) is 6.36. The molecule has 2 aliphatic carbocycles. The van der Waals surface area contributed by atoms with Gasteiger partial charge in [-0.05, 0) is 92.3 Å². The number of benzene rings is 2. The molecule has 1 heterocycles. The van der Waals surface area contributed by atoms with Gasteiger partial charge in [0, 0.05) is 28.0 Å². The quantitative estimate of drug-likeness (QED) is 0.502. The highest BCUT2D eigenvalue weighted by atomic mass is 32.1. The van der Waals surface area contributed by atoms with E-state index in [1.807, 2.05) is 23.5 Å². The largest absolute Gasteiger partial charge is 0.326 e. The molecule has 32 heavy (non-hydrogen) atoms. The summed E-state index contributed by atoms with van der Waals surface area (Å²) in [5.74, 6) is 1.44. The van der Waals surface area contributed by atoms with Crippen LogP contribution >= 0.6 is 11.3 Å². The van der Waals surface area contributed by atoms with E-state index in [2.05, 4.69) is 66.9 Å². The molecular formula is C28H32N2OS. The lowest BCUT2D eigenvalue weighted by Crippen LogP contribution is -2.37. The van der Waals surface area contributed by atoms with Gasteiger partial charge in [-0.3, -0.25) is 4.79 Å². The molecule has 0 spiro atoms. The van der Waals surface area contributed by atoms with Crippen LogP contribution in [0.2, 0.25) is 0 Å². The van der Waals surface area contributed by atoms with Crippen molar-refractivity contribution in [3.05, 3.63) is 86.6 Å². The molecule has 0 saturated heterocycles. The maximum atomic E-state index is 12.6. The summed E-state index contributed by atoms with van der Waals surface area (Å²) in [6.45, 7) is 5.22. The summed E-state index contributed by atoms with van der Waals surface area (Å²) in [4.78, 5) is 15.4. The summed E-state index contributed by atoms with van der Waals surface area (Å²) >= 11 is 1.90. The lowest BCUT2D eigenvalue weighted by atomic mass is 9.93. The van der Waals surface area contributed by atoms with Gasteiger partial charge in [-0.25, -0.2) is 0 Å². The van der Waals surface area contributed by atoms with E-state index in [4.69, 9.17) is 0 Å². The number of carbonyl (C=O) groups excluding carboxylic acids is 1. The summed E-state index contributed by atoms with van der Waals surface area (Å²) in [5, 5.41) is 7.03. The number of amides is 1. The molecule has 1 unspecified atom stereocenters. The van der Waals surface area contributed by atoms with Gasteiger partial charge >= 0.3 is 0 Å². The fourth-order valence-electron chi connectivity index (χ4n) is 5.52. The van der Waals surface area contributed by atoms with Crippen molar-refractivity contribution < 1.29 is 4.79 Å². The van der Waals surface area contributed by atoms with Crippen molar-refractivity contribution in [1.29, 1.82) is 0 Å². The maximum absolute atomic E-state index is 12.6. The third-order valence-corrected chi connectivity index (χ3v) is 8.17. The van der Waals surface area contributed by atoms with Gasteiger partial charge in [0.05, 0.1) is 6.42 Å². The molecule has 3 aromatic rings. The Balaban J connectivity index is 1.24. The van der Waals surface area contributed by atoms with Gasteiger partial charge in [-0.2, -0.15) is 0 Å². The third kappa shape index (κ3) is 4.82. The Kier molecular flexibility index (Phi) is 6.16. The van der Waals surface area contributed by atoms with E-state index in [0.29, 0.717) is 24.3 Å². The standard InChI is InChI=1S/C28H32N2OS/c1-18-3-6-20(7-4-18)13-27(31)30-25-11-10-21-14-22-8-9-23(15-24(21)16-25)28(22)29-17-26-12-5-19(2)32-26/h3-7,10-12,16,22-23,28-29H,8-9,13-15,17H2,1-2H3,(H,30,31)/t22?,23-,28+/m0/s1. The van der Waals surface area contributed by atoms with E-state index in [1.54, 1.807) is 0 Å². The van der Waals surface area contributed by atoms with E-state index in [9.17, 15) is 4.79 Å². The number of hydrogen-bond acceptors (Lipinski definition) is 3. The zero-order valence-electron chi connectivity index (χ0n) is 19.0. The molecule has 4 heteroatoms. The Hall–Kier alpha value is -2.43. The van der Waals surface area contributed by atoms with Crippen LogP contribution in [0, 0.1) is 25.7 Å². The van der Waals surface area contributed by atoms with E-state index >= 15 is 0 Å². The van der Waals surface area contributed by atoms with Crippen LogP contribution in [0.5, 0.6) is 0 Å². The monoisotopic (exact) mass is 444 g/mol. The summed E-state index contributed by atoms with van der Waals surface area (Å²) in [6, 6.07) is 19.8. The average Bonchev–Trinajstić information content (AvgIpc) is 3.30. The van der Waals surface area contributed by atoms with Crippen molar-refractivity contribution in [3.63, 3.8) is 0 Å². The first-order valence-corrected chi connectivity index (χ1v) is 12.6. The van der Waals surface area contributed by atoms with Crippen LogP contribution in [-0.2, 0) is 30.6 Å². The van der Waals surface area contributed by atoms with Crippen molar-refractivity contribution in [3.8, 4) is 0 Å². The highest BCUT2D eigenvalue weighted by Crippen LogP contribution is 2.41. The van der Waals surface area contributed by atoms with Crippen molar-refractivity contribution in [2.24, 2.45) is 11.8 Å². The van der Waals surface area contributed by atoms with Crippen LogP contribution < -0.4 is 10.6 Å². The van der Waals surface area contributed by atoms with Crippen molar-refractivity contribution in [2.75, 3.05) is 5.32 Å². The second-order valence-electron chi connectivity index (χ2n) is 9.62. The van der Waals surface area contributed by atoms with Gasteiger partial charge in [0.15, 0.2) is 0 Å². The average molecular weight is 445 g/mol. The van der Waals surface area contributed by atoms with Gasteiger partial charge in [0.2, 0.25) is 5.91 Å². The smallest absolute Gasteiger partial charge is 0.228 e. The molecule has 2 aliphatic rings. The molecule has 2 aromatic carbocycles. The minimum absolute atomic E-state index is 0.0507. The van der Waals surface area contributed by atoms with E-state index < -0.39 is 0 Å². The first-order chi connectivity index (χ1) is 15.5. The number of aryl methyl sites for hydroxylation is 2. The zero-order valence-corrected chi connectivity index (χ0v) is 19.8. The topological polar surface area (TPSA) is 41.1 Å². The Morgan fingerprint density at radius 2 is 1.69 bits per heavy atom. The van der Waals surface area contributed by atoms with Gasteiger partial charge in [0.25, 0.3) is 0 Å². The molecular weight excluding hydrogens is 412 g/mol. The molecule has 1 fully saturated rings. The molecule has 3 atom stereocenters. The van der Waals surface area contributed by atoms with Crippen LogP contribution in [0.15, 0.2) is 54.6 Å². The first kappa shape index (κ1) is 21.4. The maximum Gasteiger partial charge on any atom is 0.228 e. The van der Waals surface area contributed by atoms with Crippen LogP contribution in [0.4, 0.5) is 5.69 Å². The predicted octanol–water partition coefficient (Wildman–Crippen LogP) is 5.83. The summed E-state index contributed by atoms with van der Waals surface area (Å²) in [7, 11) is 0. The molecule has 0 aliphatic heterocycles. The molecule has 3 nitrogen and oxygen atoms in total. The number of rotatable bonds is 6. The number of hydrogen-bond donors (Lipinski definition) is 2. The lowest BCUT2D eigenvalue weighted by molar-refractivity contribution is -0.115. The Labute approximate surface area is 195 Å². The van der Waals surface area contributed by atoms with Gasteiger partial charge in [0.1, 0.15) is 0 Å². The van der Waals surface area contributed by atoms with E-state index in [-0.39, 0.29) is 5.91 Å². The summed E-state index contributed by atoms with van der Waals surface area (Å²) in [6.07, 6.45) is 5.28. The third-order valence-electron chi connectivity index (χ3n) is 7.17. The number of nitrogens with one attached hydrogen (secondary N) is 2.